The third kappa shape index (κ3) is 5.15. The number of carboxylic acids is 1. The maximum atomic E-state index is 12.4. The molecule has 1 aliphatic carbocycles. The quantitative estimate of drug-likeness (QED) is 0.774. The Hall–Kier alpha value is -2.70. The van der Waals surface area contributed by atoms with Gasteiger partial charge in [0.15, 0.2) is 0 Å². The van der Waals surface area contributed by atoms with Crippen LogP contribution >= 0.6 is 0 Å². The Labute approximate surface area is 158 Å². The number of carbonyl (C=O) groups is 2. The van der Waals surface area contributed by atoms with Crippen molar-refractivity contribution in [2.75, 3.05) is 0 Å². The van der Waals surface area contributed by atoms with Crippen LogP contribution in [-0.2, 0) is 16.0 Å². The second-order valence-corrected chi connectivity index (χ2v) is 7.33. The summed E-state index contributed by atoms with van der Waals surface area (Å²) in [5.41, 5.74) is 1.36. The molecule has 1 aromatic heterocycles. The third-order valence-electron chi connectivity index (χ3n) is 5.04. The van der Waals surface area contributed by atoms with Crippen molar-refractivity contribution in [3.05, 3.63) is 35.7 Å². The summed E-state index contributed by atoms with van der Waals surface area (Å²) in [5.74, 6) is -0.221. The van der Waals surface area contributed by atoms with Crippen LogP contribution in [0.3, 0.4) is 0 Å². The number of nitrogens with one attached hydrogen (secondary N) is 1. The smallest absolute Gasteiger partial charge is 0.305 e. The molecule has 1 aromatic carbocycles. The molecule has 1 amide bonds. The highest BCUT2D eigenvalue weighted by Gasteiger charge is 2.35. The zero-order valence-corrected chi connectivity index (χ0v) is 15.5. The number of hydrogen-bond acceptors (Lipinski definition) is 5. The fraction of sp³-hybridized carbons (Fsp3) is 0.500. The standard InChI is InChI=1S/C20H25N3O4/c1-14-5-7-15(8-6-14)19-23-22-17(27-19)10-9-16(24)21-20(13-18(25)26)11-3-2-4-12-20/h5-8H,2-4,9-13H2,1H3,(H,21,24)(H,25,26). The van der Waals surface area contributed by atoms with Crippen LogP contribution in [0.15, 0.2) is 28.7 Å². The third-order valence-corrected chi connectivity index (χ3v) is 5.04. The molecule has 0 saturated heterocycles. The fourth-order valence-corrected chi connectivity index (χ4v) is 3.61. The Kier molecular flexibility index (Phi) is 5.88. The van der Waals surface area contributed by atoms with E-state index in [4.69, 9.17) is 4.42 Å². The lowest BCUT2D eigenvalue weighted by molar-refractivity contribution is -0.139. The molecule has 7 heteroatoms. The van der Waals surface area contributed by atoms with Crippen LogP contribution < -0.4 is 5.32 Å². The van der Waals surface area contributed by atoms with Gasteiger partial charge < -0.3 is 14.8 Å². The number of rotatable bonds is 7. The summed E-state index contributed by atoms with van der Waals surface area (Å²) < 4.78 is 5.64. The number of carboxylic acid groups (broad SMARTS) is 1. The minimum absolute atomic E-state index is 0.0309. The summed E-state index contributed by atoms with van der Waals surface area (Å²) in [4.78, 5) is 23.6. The number of amides is 1. The SMILES string of the molecule is Cc1ccc(-c2nnc(CCC(=O)NC3(CC(=O)O)CCCCC3)o2)cc1. The molecule has 1 aliphatic rings. The van der Waals surface area contributed by atoms with Crippen LogP contribution in [0, 0.1) is 6.92 Å². The predicted molar refractivity (Wildman–Crippen MR) is 99.0 cm³/mol. The van der Waals surface area contributed by atoms with E-state index < -0.39 is 11.5 Å². The van der Waals surface area contributed by atoms with E-state index in [1.54, 1.807) is 0 Å². The number of aromatic nitrogens is 2. The lowest BCUT2D eigenvalue weighted by atomic mass is 9.79. The lowest BCUT2D eigenvalue weighted by Gasteiger charge is -2.37. The van der Waals surface area contributed by atoms with E-state index in [-0.39, 0.29) is 18.7 Å². The van der Waals surface area contributed by atoms with Crippen molar-refractivity contribution in [2.45, 2.75) is 63.8 Å². The predicted octanol–water partition coefficient (Wildman–Crippen LogP) is 3.27. The van der Waals surface area contributed by atoms with Gasteiger partial charge in [0.1, 0.15) is 0 Å². The van der Waals surface area contributed by atoms with Crippen molar-refractivity contribution in [1.82, 2.24) is 15.5 Å². The van der Waals surface area contributed by atoms with Crippen molar-refractivity contribution in [3.8, 4) is 11.5 Å². The van der Waals surface area contributed by atoms with Gasteiger partial charge in [-0.2, -0.15) is 0 Å². The summed E-state index contributed by atoms with van der Waals surface area (Å²) in [6.07, 6.45) is 4.88. The maximum absolute atomic E-state index is 12.4. The highest BCUT2D eigenvalue weighted by Crippen LogP contribution is 2.31. The van der Waals surface area contributed by atoms with E-state index in [2.05, 4.69) is 15.5 Å². The molecular formula is C20H25N3O4. The van der Waals surface area contributed by atoms with E-state index in [0.717, 1.165) is 30.4 Å². The Morgan fingerprint density at radius 1 is 1.15 bits per heavy atom. The molecule has 0 aliphatic heterocycles. The van der Waals surface area contributed by atoms with Crippen LogP contribution in [0.1, 0.15) is 56.4 Å². The molecule has 1 heterocycles. The second kappa shape index (κ2) is 8.33. The summed E-state index contributed by atoms with van der Waals surface area (Å²) >= 11 is 0. The highest BCUT2D eigenvalue weighted by molar-refractivity contribution is 5.78. The molecule has 1 fully saturated rings. The molecule has 3 rings (SSSR count). The molecule has 2 aromatic rings. The van der Waals surface area contributed by atoms with Crippen molar-refractivity contribution in [3.63, 3.8) is 0 Å². The summed E-state index contributed by atoms with van der Waals surface area (Å²) in [7, 11) is 0. The molecule has 0 unspecified atom stereocenters. The Morgan fingerprint density at radius 2 is 1.85 bits per heavy atom. The van der Waals surface area contributed by atoms with Gasteiger partial charge in [-0.25, -0.2) is 0 Å². The van der Waals surface area contributed by atoms with Gasteiger partial charge in [-0.05, 0) is 31.9 Å². The lowest BCUT2D eigenvalue weighted by Crippen LogP contribution is -2.51. The van der Waals surface area contributed by atoms with Gasteiger partial charge in [0.2, 0.25) is 17.7 Å². The molecule has 0 atom stereocenters. The van der Waals surface area contributed by atoms with Gasteiger partial charge in [0, 0.05) is 18.4 Å². The minimum atomic E-state index is -0.878. The fourth-order valence-electron chi connectivity index (χ4n) is 3.61. The van der Waals surface area contributed by atoms with E-state index in [9.17, 15) is 14.7 Å². The zero-order chi connectivity index (χ0) is 19.3. The van der Waals surface area contributed by atoms with Crippen LogP contribution in [0.2, 0.25) is 0 Å². The monoisotopic (exact) mass is 371 g/mol. The molecule has 1 saturated carbocycles. The van der Waals surface area contributed by atoms with Crippen molar-refractivity contribution < 1.29 is 19.1 Å². The molecular weight excluding hydrogens is 346 g/mol. The molecule has 0 spiro atoms. The number of nitrogens with zero attached hydrogens (tertiary/aromatic N) is 2. The van der Waals surface area contributed by atoms with E-state index in [1.807, 2.05) is 31.2 Å². The summed E-state index contributed by atoms with van der Waals surface area (Å²) in [5, 5.41) is 20.2. The average molecular weight is 371 g/mol. The van der Waals surface area contributed by atoms with Crippen LogP contribution in [-0.4, -0.2) is 32.7 Å². The topological polar surface area (TPSA) is 105 Å². The highest BCUT2D eigenvalue weighted by atomic mass is 16.4. The van der Waals surface area contributed by atoms with Crippen molar-refractivity contribution in [2.24, 2.45) is 0 Å². The molecule has 144 valence electrons. The minimum Gasteiger partial charge on any atom is -0.481 e. The van der Waals surface area contributed by atoms with Gasteiger partial charge in [0.05, 0.1) is 12.0 Å². The molecule has 7 nitrogen and oxygen atoms in total. The first-order valence-electron chi connectivity index (χ1n) is 9.38. The summed E-state index contributed by atoms with van der Waals surface area (Å²) in [6, 6.07) is 7.77. The van der Waals surface area contributed by atoms with Gasteiger partial charge in [0.25, 0.3) is 0 Å². The van der Waals surface area contributed by atoms with Crippen LogP contribution in [0.25, 0.3) is 11.5 Å². The molecule has 2 N–H and O–H groups in total. The van der Waals surface area contributed by atoms with Gasteiger partial charge in [-0.1, -0.05) is 37.0 Å². The Bertz CT molecular complexity index is 792. The first-order chi connectivity index (χ1) is 13.0. The number of aryl methyl sites for hydroxylation is 2. The largest absolute Gasteiger partial charge is 0.481 e. The van der Waals surface area contributed by atoms with Gasteiger partial charge >= 0.3 is 5.97 Å². The maximum Gasteiger partial charge on any atom is 0.305 e. The molecule has 0 bridgehead atoms. The number of aliphatic carboxylic acids is 1. The molecule has 27 heavy (non-hydrogen) atoms. The van der Waals surface area contributed by atoms with E-state index in [0.29, 0.717) is 31.0 Å². The second-order valence-electron chi connectivity index (χ2n) is 7.33. The first kappa shape index (κ1) is 19.1. The van der Waals surface area contributed by atoms with E-state index in [1.165, 1.54) is 0 Å². The van der Waals surface area contributed by atoms with Crippen molar-refractivity contribution in [1.29, 1.82) is 0 Å². The van der Waals surface area contributed by atoms with Gasteiger partial charge in [-0.3, -0.25) is 9.59 Å². The normalized spacial score (nSPS) is 16.0. The first-order valence-corrected chi connectivity index (χ1v) is 9.38. The average Bonchev–Trinajstić information content (AvgIpc) is 3.09. The van der Waals surface area contributed by atoms with E-state index >= 15 is 0 Å². The zero-order valence-electron chi connectivity index (χ0n) is 15.5. The van der Waals surface area contributed by atoms with Crippen molar-refractivity contribution >= 4 is 11.9 Å². The van der Waals surface area contributed by atoms with Gasteiger partial charge in [-0.15, -0.1) is 10.2 Å². The molecule has 0 radical (unpaired) electrons. The summed E-state index contributed by atoms with van der Waals surface area (Å²) in [6.45, 7) is 2.01. The van der Waals surface area contributed by atoms with Crippen LogP contribution in [0.4, 0.5) is 0 Å². The number of carbonyl (C=O) groups excluding carboxylic acids is 1. The Balaban J connectivity index is 1.57. The van der Waals surface area contributed by atoms with Crippen LogP contribution in [0.5, 0.6) is 0 Å². The Morgan fingerprint density at radius 3 is 2.52 bits per heavy atom. The number of hydrogen-bond donors (Lipinski definition) is 2. The number of benzene rings is 1.